The summed E-state index contributed by atoms with van der Waals surface area (Å²) in [5.74, 6) is -1.02. The second-order valence-corrected chi connectivity index (χ2v) is 7.22. The summed E-state index contributed by atoms with van der Waals surface area (Å²) in [7, 11) is 0. The number of rotatable bonds is 13. The van der Waals surface area contributed by atoms with Crippen LogP contribution in [0.5, 0.6) is 0 Å². The minimum atomic E-state index is -0.885. The van der Waals surface area contributed by atoms with Gasteiger partial charge in [-0.3, -0.25) is 9.59 Å². The molecule has 3 N–H and O–H groups in total. The highest BCUT2D eigenvalue weighted by Gasteiger charge is 2.39. The van der Waals surface area contributed by atoms with E-state index in [1.807, 2.05) is 6.08 Å². The smallest absolute Gasteiger partial charge is 0.303 e. The number of aliphatic carboxylic acids is 1. The molecule has 5 nitrogen and oxygen atoms in total. The number of aliphatic hydroxyl groups excluding tert-OH is 2. The summed E-state index contributed by atoms with van der Waals surface area (Å²) >= 11 is 0. The largest absolute Gasteiger partial charge is 0.481 e. The fourth-order valence-electron chi connectivity index (χ4n) is 3.53. The van der Waals surface area contributed by atoms with E-state index in [1.54, 1.807) is 6.08 Å². The zero-order chi connectivity index (χ0) is 18.7. The third-order valence-corrected chi connectivity index (χ3v) is 5.05. The van der Waals surface area contributed by atoms with Crippen molar-refractivity contribution in [2.45, 2.75) is 89.8 Å². The Labute approximate surface area is 151 Å². The summed E-state index contributed by atoms with van der Waals surface area (Å²) in [5.41, 5.74) is 0. The summed E-state index contributed by atoms with van der Waals surface area (Å²) < 4.78 is 0. The number of ketones is 1. The zero-order valence-electron chi connectivity index (χ0n) is 15.4. The highest BCUT2D eigenvalue weighted by molar-refractivity contribution is 5.88. The van der Waals surface area contributed by atoms with Crippen molar-refractivity contribution in [1.82, 2.24) is 0 Å². The van der Waals surface area contributed by atoms with Crippen LogP contribution in [0.2, 0.25) is 0 Å². The molecule has 1 saturated carbocycles. The summed E-state index contributed by atoms with van der Waals surface area (Å²) in [5, 5.41) is 28.5. The molecular formula is C20H34O5. The number of Topliss-reactive ketones (excluding diaryl/α,β-unsaturated/α-hetero) is 1. The summed E-state index contributed by atoms with van der Waals surface area (Å²) in [4.78, 5) is 22.6. The Morgan fingerprint density at radius 2 is 1.92 bits per heavy atom. The standard InChI is InChI=1S/C20H34O5/c1-2-3-6-9-16(21)13-12-15-14-18(22)20(25)17(15)10-7-4-5-8-11-19(23)24/h12-13,15-18,21-22H,2-11,14H2,1H3,(H,23,24)/b13-12+/t15-,16-,17+,18-/m0/s1. The second-order valence-electron chi connectivity index (χ2n) is 7.22. The lowest BCUT2D eigenvalue weighted by Gasteiger charge is -2.15. The van der Waals surface area contributed by atoms with Gasteiger partial charge in [-0.1, -0.05) is 57.6 Å². The molecule has 0 heterocycles. The Kier molecular flexibility index (Phi) is 10.7. The predicted molar refractivity (Wildman–Crippen MR) is 97.2 cm³/mol. The Bertz CT molecular complexity index is 432. The predicted octanol–water partition coefficient (Wildman–Crippen LogP) is 3.48. The van der Waals surface area contributed by atoms with Crippen molar-refractivity contribution in [2.75, 3.05) is 0 Å². The van der Waals surface area contributed by atoms with Gasteiger partial charge in [-0.15, -0.1) is 0 Å². The maximum Gasteiger partial charge on any atom is 0.303 e. The van der Waals surface area contributed by atoms with Crippen LogP contribution in [0.25, 0.3) is 0 Å². The fourth-order valence-corrected chi connectivity index (χ4v) is 3.53. The van der Waals surface area contributed by atoms with Crippen molar-refractivity contribution in [1.29, 1.82) is 0 Å². The van der Waals surface area contributed by atoms with Gasteiger partial charge in [0.15, 0.2) is 5.78 Å². The van der Waals surface area contributed by atoms with E-state index in [4.69, 9.17) is 5.11 Å². The third-order valence-electron chi connectivity index (χ3n) is 5.05. The first kappa shape index (κ1) is 21.8. The van der Waals surface area contributed by atoms with Gasteiger partial charge >= 0.3 is 5.97 Å². The van der Waals surface area contributed by atoms with E-state index in [9.17, 15) is 19.8 Å². The molecule has 0 saturated heterocycles. The molecule has 0 aromatic carbocycles. The number of carboxylic acids is 1. The molecule has 1 aliphatic rings. The molecular weight excluding hydrogens is 320 g/mol. The van der Waals surface area contributed by atoms with Gasteiger partial charge in [-0.05, 0) is 31.6 Å². The van der Waals surface area contributed by atoms with Gasteiger partial charge in [0.2, 0.25) is 0 Å². The SMILES string of the molecule is CCCCC[C@H](O)/C=C/[C@H]1C[C@H](O)C(=O)[C@@H]1CCCCCCC(=O)O. The molecule has 0 aliphatic heterocycles. The Balaban J connectivity index is 2.38. The molecule has 0 aromatic heterocycles. The fraction of sp³-hybridized carbons (Fsp3) is 0.800. The van der Waals surface area contributed by atoms with Crippen molar-refractivity contribution in [3.8, 4) is 0 Å². The van der Waals surface area contributed by atoms with Crippen LogP contribution in [0.15, 0.2) is 12.2 Å². The van der Waals surface area contributed by atoms with Crippen molar-refractivity contribution in [3.63, 3.8) is 0 Å². The maximum atomic E-state index is 12.2. The highest BCUT2D eigenvalue weighted by Crippen LogP contribution is 2.34. The van der Waals surface area contributed by atoms with Gasteiger partial charge in [0.1, 0.15) is 6.10 Å². The molecule has 0 spiro atoms. The zero-order valence-corrected chi connectivity index (χ0v) is 15.4. The number of carbonyl (C=O) groups excluding carboxylic acids is 1. The minimum absolute atomic E-state index is 0.00217. The molecule has 1 rings (SSSR count). The van der Waals surface area contributed by atoms with E-state index in [1.165, 1.54) is 0 Å². The third kappa shape index (κ3) is 8.63. The van der Waals surface area contributed by atoms with Crippen molar-refractivity contribution in [2.24, 2.45) is 11.8 Å². The van der Waals surface area contributed by atoms with Crippen LogP contribution in [-0.2, 0) is 9.59 Å². The average Bonchev–Trinajstić information content (AvgIpc) is 2.83. The second kappa shape index (κ2) is 12.2. The molecule has 0 radical (unpaired) electrons. The lowest BCUT2D eigenvalue weighted by molar-refractivity contribution is -0.137. The van der Waals surface area contributed by atoms with Crippen LogP contribution >= 0.6 is 0 Å². The van der Waals surface area contributed by atoms with Gasteiger partial charge in [-0.25, -0.2) is 0 Å². The van der Waals surface area contributed by atoms with Crippen molar-refractivity contribution in [3.05, 3.63) is 12.2 Å². The maximum absolute atomic E-state index is 12.2. The van der Waals surface area contributed by atoms with E-state index in [0.717, 1.165) is 51.4 Å². The normalized spacial score (nSPS) is 24.9. The quantitative estimate of drug-likeness (QED) is 0.348. The topological polar surface area (TPSA) is 94.8 Å². The molecule has 4 atom stereocenters. The van der Waals surface area contributed by atoms with Crippen molar-refractivity contribution < 1.29 is 24.9 Å². The summed E-state index contributed by atoms with van der Waals surface area (Å²) in [6, 6.07) is 0. The van der Waals surface area contributed by atoms with Gasteiger partial charge in [0.25, 0.3) is 0 Å². The van der Waals surface area contributed by atoms with E-state index >= 15 is 0 Å². The first-order valence-electron chi connectivity index (χ1n) is 9.75. The minimum Gasteiger partial charge on any atom is -0.481 e. The molecule has 1 aliphatic carbocycles. The Morgan fingerprint density at radius 3 is 2.60 bits per heavy atom. The van der Waals surface area contributed by atoms with Crippen LogP contribution in [0.1, 0.15) is 77.6 Å². The number of unbranched alkanes of at least 4 members (excludes halogenated alkanes) is 5. The van der Waals surface area contributed by atoms with Gasteiger partial charge in [0.05, 0.1) is 6.10 Å². The molecule has 0 aromatic rings. The number of carboxylic acid groups (broad SMARTS) is 1. The average molecular weight is 354 g/mol. The highest BCUT2D eigenvalue weighted by atomic mass is 16.4. The summed E-state index contributed by atoms with van der Waals surface area (Å²) in [6.45, 7) is 2.13. The van der Waals surface area contributed by atoms with E-state index in [2.05, 4.69) is 6.92 Å². The first-order valence-corrected chi connectivity index (χ1v) is 9.75. The Morgan fingerprint density at radius 1 is 1.20 bits per heavy atom. The molecule has 1 fully saturated rings. The number of aliphatic hydroxyl groups is 2. The molecule has 5 heteroatoms. The Hall–Kier alpha value is -1.20. The number of allylic oxidation sites excluding steroid dienone is 1. The van der Waals surface area contributed by atoms with Gasteiger partial charge in [-0.2, -0.15) is 0 Å². The van der Waals surface area contributed by atoms with Gasteiger partial charge < -0.3 is 15.3 Å². The van der Waals surface area contributed by atoms with Crippen molar-refractivity contribution >= 4 is 11.8 Å². The van der Waals surface area contributed by atoms with Crippen LogP contribution < -0.4 is 0 Å². The molecule has 0 bridgehead atoms. The van der Waals surface area contributed by atoms with Crippen LogP contribution in [0, 0.1) is 11.8 Å². The molecule has 0 amide bonds. The van der Waals surface area contributed by atoms with Crippen LogP contribution in [-0.4, -0.2) is 39.3 Å². The molecule has 25 heavy (non-hydrogen) atoms. The van der Waals surface area contributed by atoms with Crippen LogP contribution in [0.3, 0.4) is 0 Å². The monoisotopic (exact) mass is 354 g/mol. The molecule has 144 valence electrons. The summed E-state index contributed by atoms with van der Waals surface area (Å²) in [6.07, 6.45) is 11.0. The van der Waals surface area contributed by atoms with E-state index in [-0.39, 0.29) is 24.0 Å². The number of carbonyl (C=O) groups is 2. The lowest BCUT2D eigenvalue weighted by Crippen LogP contribution is -2.19. The number of hydrogen-bond donors (Lipinski definition) is 3. The molecule has 0 unspecified atom stereocenters. The van der Waals surface area contributed by atoms with E-state index < -0.39 is 18.2 Å². The number of hydrogen-bond acceptors (Lipinski definition) is 4. The van der Waals surface area contributed by atoms with Crippen LogP contribution in [0.4, 0.5) is 0 Å². The van der Waals surface area contributed by atoms with E-state index in [0.29, 0.717) is 12.8 Å². The van der Waals surface area contributed by atoms with Gasteiger partial charge in [0, 0.05) is 12.3 Å². The first-order chi connectivity index (χ1) is 12.0. The lowest BCUT2D eigenvalue weighted by atomic mass is 9.89.